The van der Waals surface area contributed by atoms with Crippen molar-refractivity contribution in [3.05, 3.63) is 23.8 Å². The fourth-order valence-corrected chi connectivity index (χ4v) is 6.98. The van der Waals surface area contributed by atoms with Crippen molar-refractivity contribution >= 4 is 5.78 Å². The SMILES string of the molecule is CC[C@]12CC[C@H](C)[C@@H](/C=C\C3=CC(=O)CCC3)[C@@H]1[C@@H]1C[C@@H]1[C@]2(C)C#N. The van der Waals surface area contributed by atoms with Gasteiger partial charge in [0, 0.05) is 6.42 Å². The number of carbonyl (C=O) groups is 1. The van der Waals surface area contributed by atoms with Gasteiger partial charge in [0.25, 0.3) is 0 Å². The van der Waals surface area contributed by atoms with Crippen LogP contribution in [0.25, 0.3) is 0 Å². The molecule has 0 aromatic carbocycles. The van der Waals surface area contributed by atoms with Gasteiger partial charge in [-0.05, 0) is 92.1 Å². The number of hydrogen-bond donors (Lipinski definition) is 0. The molecule has 2 heteroatoms. The molecule has 0 amide bonds. The Morgan fingerprint density at radius 1 is 1.40 bits per heavy atom. The van der Waals surface area contributed by atoms with E-state index in [1.807, 2.05) is 6.08 Å². The summed E-state index contributed by atoms with van der Waals surface area (Å²) >= 11 is 0. The van der Waals surface area contributed by atoms with Crippen LogP contribution < -0.4 is 0 Å². The topological polar surface area (TPSA) is 40.9 Å². The molecule has 0 saturated heterocycles. The van der Waals surface area contributed by atoms with Gasteiger partial charge in [-0.1, -0.05) is 26.0 Å². The van der Waals surface area contributed by atoms with Crippen molar-refractivity contribution in [2.24, 2.45) is 40.4 Å². The molecule has 2 nitrogen and oxygen atoms in total. The maximum absolute atomic E-state index is 11.7. The Labute approximate surface area is 152 Å². The molecule has 0 bridgehead atoms. The van der Waals surface area contributed by atoms with Gasteiger partial charge in [-0.15, -0.1) is 0 Å². The lowest BCUT2D eigenvalue weighted by Crippen LogP contribution is -2.48. The molecule has 0 heterocycles. The van der Waals surface area contributed by atoms with Crippen LogP contribution in [0.15, 0.2) is 23.8 Å². The van der Waals surface area contributed by atoms with Crippen LogP contribution >= 0.6 is 0 Å². The number of rotatable bonds is 3. The van der Waals surface area contributed by atoms with E-state index in [0.717, 1.165) is 25.2 Å². The highest BCUT2D eigenvalue weighted by atomic mass is 16.1. The Hall–Kier alpha value is -1.36. The van der Waals surface area contributed by atoms with Crippen LogP contribution in [0.2, 0.25) is 0 Å². The number of ketones is 1. The van der Waals surface area contributed by atoms with Crippen molar-refractivity contribution < 1.29 is 4.79 Å². The first-order chi connectivity index (χ1) is 12.0. The molecule has 0 aromatic heterocycles. The van der Waals surface area contributed by atoms with Gasteiger partial charge in [0.15, 0.2) is 5.78 Å². The van der Waals surface area contributed by atoms with E-state index in [4.69, 9.17) is 0 Å². The summed E-state index contributed by atoms with van der Waals surface area (Å²) in [5, 5.41) is 10.1. The number of carbonyl (C=O) groups excluding carboxylic acids is 1. The van der Waals surface area contributed by atoms with Crippen LogP contribution in [-0.2, 0) is 4.79 Å². The zero-order chi connectivity index (χ0) is 17.8. The zero-order valence-corrected chi connectivity index (χ0v) is 15.9. The third-order valence-electron chi connectivity index (χ3n) is 8.46. The molecule has 0 aliphatic heterocycles. The number of fused-ring (bicyclic) bond motifs is 3. The standard InChI is InChI=1S/C23H31NO/c1-4-23-11-10-15(2)18(9-8-16-6-5-7-17(25)12-16)21(23)19-13-20(19)22(23,3)14-24/h8-9,12,15,18-21H,4-7,10-11,13H2,1-3H3/b9-8-/t15-,18+,19+,20-,21+,22-,23-/m0/s1. The van der Waals surface area contributed by atoms with Crippen molar-refractivity contribution in [3.8, 4) is 6.07 Å². The third kappa shape index (κ3) is 2.31. The van der Waals surface area contributed by atoms with E-state index in [-0.39, 0.29) is 16.6 Å². The Kier molecular flexibility index (Phi) is 3.98. The van der Waals surface area contributed by atoms with E-state index >= 15 is 0 Å². The number of hydrogen-bond acceptors (Lipinski definition) is 2. The van der Waals surface area contributed by atoms with Crippen molar-refractivity contribution in [3.63, 3.8) is 0 Å². The smallest absolute Gasteiger partial charge is 0.155 e. The second-order valence-corrected chi connectivity index (χ2v) is 9.35. The molecule has 4 aliphatic rings. The summed E-state index contributed by atoms with van der Waals surface area (Å²) in [4.78, 5) is 11.7. The van der Waals surface area contributed by atoms with Gasteiger partial charge in [0.05, 0.1) is 11.5 Å². The summed E-state index contributed by atoms with van der Waals surface area (Å²) in [6.07, 6.45) is 14.1. The lowest BCUT2D eigenvalue weighted by atomic mass is 9.50. The van der Waals surface area contributed by atoms with Gasteiger partial charge in [-0.3, -0.25) is 4.79 Å². The number of nitriles is 1. The predicted octanol–water partition coefficient (Wildman–Crippen LogP) is 5.46. The van der Waals surface area contributed by atoms with E-state index in [1.165, 1.54) is 24.8 Å². The minimum Gasteiger partial charge on any atom is -0.295 e. The van der Waals surface area contributed by atoms with Gasteiger partial charge < -0.3 is 0 Å². The summed E-state index contributed by atoms with van der Waals surface area (Å²) < 4.78 is 0. The van der Waals surface area contributed by atoms with Crippen molar-refractivity contribution in [1.29, 1.82) is 5.26 Å². The molecular formula is C23H31NO. The Morgan fingerprint density at radius 3 is 2.88 bits per heavy atom. The minimum absolute atomic E-state index is 0.136. The Morgan fingerprint density at radius 2 is 2.20 bits per heavy atom. The third-order valence-corrected chi connectivity index (χ3v) is 8.46. The summed E-state index contributed by atoms with van der Waals surface area (Å²) in [5.41, 5.74) is 1.28. The molecule has 25 heavy (non-hydrogen) atoms. The zero-order valence-electron chi connectivity index (χ0n) is 15.9. The van der Waals surface area contributed by atoms with Crippen molar-refractivity contribution in [1.82, 2.24) is 0 Å². The fourth-order valence-electron chi connectivity index (χ4n) is 6.98. The molecule has 0 unspecified atom stereocenters. The monoisotopic (exact) mass is 337 g/mol. The molecule has 4 aliphatic carbocycles. The van der Waals surface area contributed by atoms with E-state index < -0.39 is 0 Å². The van der Waals surface area contributed by atoms with Crippen LogP contribution in [0.5, 0.6) is 0 Å². The lowest BCUT2D eigenvalue weighted by molar-refractivity contribution is -0.115. The summed E-state index contributed by atoms with van der Waals surface area (Å²) in [6, 6.07) is 2.79. The van der Waals surface area contributed by atoms with Crippen LogP contribution in [0, 0.1) is 51.8 Å². The molecule has 134 valence electrons. The molecule has 7 atom stereocenters. The molecule has 0 spiro atoms. The maximum atomic E-state index is 11.7. The molecular weight excluding hydrogens is 306 g/mol. The maximum Gasteiger partial charge on any atom is 0.155 e. The quantitative estimate of drug-likeness (QED) is 0.686. The number of allylic oxidation sites excluding steroid dienone is 4. The summed E-state index contributed by atoms with van der Waals surface area (Å²) in [7, 11) is 0. The average molecular weight is 338 g/mol. The van der Waals surface area contributed by atoms with Gasteiger partial charge in [-0.2, -0.15) is 5.26 Å². The van der Waals surface area contributed by atoms with E-state index in [0.29, 0.717) is 30.1 Å². The van der Waals surface area contributed by atoms with E-state index in [1.54, 1.807) is 0 Å². The summed E-state index contributed by atoms with van der Waals surface area (Å²) in [6.45, 7) is 6.97. The van der Waals surface area contributed by atoms with Gasteiger partial charge in [0.2, 0.25) is 0 Å². The molecule has 0 aromatic rings. The van der Waals surface area contributed by atoms with E-state index in [2.05, 4.69) is 39.0 Å². The minimum atomic E-state index is -0.136. The molecule has 0 radical (unpaired) electrons. The van der Waals surface area contributed by atoms with Gasteiger partial charge in [-0.25, -0.2) is 0 Å². The largest absolute Gasteiger partial charge is 0.295 e. The second-order valence-electron chi connectivity index (χ2n) is 9.35. The Balaban J connectivity index is 1.67. The molecule has 3 saturated carbocycles. The number of nitrogens with zero attached hydrogens (tertiary/aromatic N) is 1. The van der Waals surface area contributed by atoms with Gasteiger partial charge >= 0.3 is 0 Å². The summed E-state index contributed by atoms with van der Waals surface area (Å²) in [5.74, 6) is 3.57. The van der Waals surface area contributed by atoms with Crippen LogP contribution in [0.3, 0.4) is 0 Å². The van der Waals surface area contributed by atoms with Crippen molar-refractivity contribution in [2.75, 3.05) is 0 Å². The Bertz CT molecular complexity index is 683. The lowest BCUT2D eigenvalue weighted by Gasteiger charge is -2.53. The van der Waals surface area contributed by atoms with E-state index in [9.17, 15) is 10.1 Å². The van der Waals surface area contributed by atoms with Crippen molar-refractivity contribution in [2.45, 2.75) is 65.7 Å². The highest BCUT2D eigenvalue weighted by Crippen LogP contribution is 2.78. The molecule has 3 fully saturated rings. The first-order valence-electron chi connectivity index (χ1n) is 10.3. The first-order valence-corrected chi connectivity index (χ1v) is 10.3. The molecule has 4 rings (SSSR count). The molecule has 0 N–H and O–H groups in total. The van der Waals surface area contributed by atoms with Crippen LogP contribution in [0.1, 0.15) is 65.7 Å². The van der Waals surface area contributed by atoms with Crippen LogP contribution in [0.4, 0.5) is 0 Å². The average Bonchev–Trinajstić information content (AvgIpc) is 3.37. The normalized spacial score (nSPS) is 48.6. The highest BCUT2D eigenvalue weighted by Gasteiger charge is 2.74. The highest BCUT2D eigenvalue weighted by molar-refractivity contribution is 5.91. The fraction of sp³-hybridized carbons (Fsp3) is 0.739. The predicted molar refractivity (Wildman–Crippen MR) is 99.5 cm³/mol. The second kappa shape index (κ2) is 5.83. The van der Waals surface area contributed by atoms with Crippen LogP contribution in [-0.4, -0.2) is 5.78 Å². The first kappa shape index (κ1) is 17.1. The van der Waals surface area contributed by atoms with Gasteiger partial charge in [0.1, 0.15) is 0 Å².